The molecule has 0 aliphatic carbocycles. The van der Waals surface area contributed by atoms with Crippen LogP contribution in [0, 0.1) is 0 Å². The summed E-state index contributed by atoms with van der Waals surface area (Å²) in [7, 11) is 0. The van der Waals surface area contributed by atoms with Gasteiger partial charge >= 0.3 is 0 Å². The normalized spacial score (nSPS) is 0. The molecule has 0 atom stereocenters. The van der Waals surface area contributed by atoms with Gasteiger partial charge in [0.15, 0.2) is 0 Å². The molecule has 4 N–H and O–H groups in total. The Balaban J connectivity index is 0. The monoisotopic (exact) mass is 113 g/mol. The summed E-state index contributed by atoms with van der Waals surface area (Å²) >= 11 is 0. The Hall–Kier alpha value is 0.399. The molecule has 0 saturated heterocycles. The quantitative estimate of drug-likeness (QED) is 0.321. The zero-order valence-corrected chi connectivity index (χ0v) is 2.69. The largest absolute Gasteiger partial charge is 0.412 e. The van der Waals surface area contributed by atoms with Gasteiger partial charge in [0.05, 0.1) is 0 Å². The molecule has 0 rings (SSSR count). The van der Waals surface area contributed by atoms with Crippen LogP contribution in [0.5, 0.6) is 0 Å². The van der Waals surface area contributed by atoms with E-state index in [2.05, 4.69) is 0 Å². The first-order chi connectivity index (χ1) is 0. The van der Waals surface area contributed by atoms with Gasteiger partial charge in [0.1, 0.15) is 0 Å². The fourth-order valence-corrected chi connectivity index (χ4v) is 0. The molecule has 0 spiro atoms. The molecule has 0 unspecified atom stereocenters. The first-order valence-electron chi connectivity index (χ1n) is 0. The van der Waals surface area contributed by atoms with Crippen LogP contribution in [-0.4, -0.2) is 11.0 Å². The van der Waals surface area contributed by atoms with E-state index in [-0.39, 0.29) is 34.2 Å². The van der Waals surface area contributed by atoms with E-state index in [4.69, 9.17) is 0 Å². The maximum atomic E-state index is 0. The molecule has 4 radical (unpaired) electrons. The van der Waals surface area contributed by atoms with Gasteiger partial charge in [-0.15, -0.1) is 0 Å². The Labute approximate surface area is 35.1 Å². The van der Waals surface area contributed by atoms with E-state index in [0.29, 0.717) is 0 Å². The summed E-state index contributed by atoms with van der Waals surface area (Å²) in [5, 5.41) is 0. The Morgan fingerprint density at radius 3 is 0.750 bits per heavy atom. The molecular formula is H4CuNO2. The first-order valence-corrected chi connectivity index (χ1v) is 0. The fraction of sp³-hybridized carbons (Fsp3) is 0. The van der Waals surface area contributed by atoms with Crippen molar-refractivity contribution in [2.45, 2.75) is 0 Å². The van der Waals surface area contributed by atoms with Crippen molar-refractivity contribution in [2.24, 2.45) is 0 Å². The van der Waals surface area contributed by atoms with E-state index in [0.717, 1.165) is 0 Å². The zero-order valence-electron chi connectivity index (χ0n) is 1.75. The minimum Gasteiger partial charge on any atom is -0.412 e. The second kappa shape index (κ2) is 123. The van der Waals surface area contributed by atoms with Crippen LogP contribution in [0.2, 0.25) is 0 Å². The van der Waals surface area contributed by atoms with Crippen LogP contribution >= 0.6 is 0 Å². The third-order valence-electron chi connectivity index (χ3n) is 0. The Bertz CT molecular complexity index is 6.00. The van der Waals surface area contributed by atoms with Gasteiger partial charge in [-0.3, -0.25) is 0 Å². The van der Waals surface area contributed by atoms with E-state index in [1.165, 1.54) is 0 Å². The van der Waals surface area contributed by atoms with E-state index < -0.39 is 0 Å². The fourth-order valence-electron chi connectivity index (χ4n) is 0. The van der Waals surface area contributed by atoms with Crippen molar-refractivity contribution in [3.63, 3.8) is 0 Å². The Morgan fingerprint density at radius 2 is 0.750 bits per heavy atom. The molecule has 0 aromatic heterocycles. The summed E-state index contributed by atoms with van der Waals surface area (Å²) in [6.07, 6.45) is 0. The molecule has 4 heteroatoms. The summed E-state index contributed by atoms with van der Waals surface area (Å²) in [6.45, 7) is 0. The van der Waals surface area contributed by atoms with Gasteiger partial charge in [-0.1, -0.05) is 0 Å². The predicted molar refractivity (Wildman–Crippen MR) is 9.36 cm³/mol. The molecule has 0 aliphatic heterocycles. The smallest absolute Gasteiger partial charge is 0 e. The van der Waals surface area contributed by atoms with Crippen molar-refractivity contribution in [3.8, 4) is 0 Å². The molecule has 0 aliphatic rings. The number of hydrogen-bond acceptors (Lipinski definition) is 0. The molecule has 0 heterocycles. The maximum Gasteiger partial charge on any atom is 0 e. The average Bonchev–Trinajstić information content (AvgIpc) is 0. The van der Waals surface area contributed by atoms with E-state index >= 15 is 0 Å². The van der Waals surface area contributed by atoms with Gasteiger partial charge < -0.3 is 11.0 Å². The summed E-state index contributed by atoms with van der Waals surface area (Å²) in [4.78, 5) is 0. The van der Waals surface area contributed by atoms with E-state index in [1.807, 2.05) is 0 Å². The average molecular weight is 114 g/mol. The van der Waals surface area contributed by atoms with Crippen LogP contribution in [-0.2, 0) is 17.1 Å². The van der Waals surface area contributed by atoms with Crippen LogP contribution in [0.1, 0.15) is 0 Å². The third kappa shape index (κ3) is 29.4. The van der Waals surface area contributed by atoms with Gasteiger partial charge in [-0.2, -0.15) is 0 Å². The molecule has 3 nitrogen and oxygen atoms in total. The Morgan fingerprint density at radius 1 is 0.750 bits per heavy atom. The first kappa shape index (κ1) is 319. The molecule has 0 aromatic carbocycles. The molecule has 4 heavy (non-hydrogen) atoms. The van der Waals surface area contributed by atoms with Crippen LogP contribution in [0.15, 0.2) is 0 Å². The van der Waals surface area contributed by atoms with Gasteiger partial charge in [0.2, 0.25) is 0 Å². The minimum absolute atomic E-state index is 0. The van der Waals surface area contributed by atoms with Gasteiger partial charge in [-0.25, -0.2) is 0 Å². The van der Waals surface area contributed by atoms with Crippen LogP contribution in [0.4, 0.5) is 0 Å². The minimum atomic E-state index is 0. The maximum absolute atomic E-state index is 0. The molecular weight excluding hydrogens is 110 g/mol. The second-order valence-corrected chi connectivity index (χ2v) is 0. The molecule has 0 amide bonds. The van der Waals surface area contributed by atoms with Crippen LogP contribution < -0.4 is 6.15 Å². The topological polar surface area (TPSA) is 93.5 Å². The van der Waals surface area contributed by atoms with Crippen molar-refractivity contribution in [3.05, 3.63) is 0 Å². The molecule has 32 valence electrons. The number of rotatable bonds is 0. The summed E-state index contributed by atoms with van der Waals surface area (Å²) in [6, 6.07) is 0. The summed E-state index contributed by atoms with van der Waals surface area (Å²) < 4.78 is 0. The molecule has 0 aromatic rings. The van der Waals surface area contributed by atoms with Crippen molar-refractivity contribution >= 4 is 0 Å². The van der Waals surface area contributed by atoms with Crippen LogP contribution in [0.3, 0.4) is 0 Å². The summed E-state index contributed by atoms with van der Waals surface area (Å²) in [5.41, 5.74) is 0. The third-order valence-corrected chi connectivity index (χ3v) is 0. The standard InChI is InChI=1S/Cu.N.2H2O/h;;2*1H2. The van der Waals surface area contributed by atoms with Crippen molar-refractivity contribution < 1.29 is 28.0 Å². The molecule has 0 bridgehead atoms. The van der Waals surface area contributed by atoms with Crippen molar-refractivity contribution in [1.29, 1.82) is 0 Å². The predicted octanol–water partition coefficient (Wildman–Crippen LogP) is -2.13. The SMILES string of the molecule is O.O.[Cu].[N]. The van der Waals surface area contributed by atoms with Gasteiger partial charge in [0, 0.05) is 23.2 Å². The molecule has 0 fully saturated rings. The number of nitrogens with zero attached hydrogens (tertiary/aromatic N) is 1. The molecule has 0 saturated carbocycles. The Kier molecular flexibility index (Phi) is 9770. The van der Waals surface area contributed by atoms with Gasteiger partial charge in [0.25, 0.3) is 0 Å². The van der Waals surface area contributed by atoms with Crippen molar-refractivity contribution in [2.75, 3.05) is 0 Å². The number of hydrogen-bond donors (Lipinski definition) is 0. The van der Waals surface area contributed by atoms with E-state index in [1.54, 1.807) is 0 Å². The van der Waals surface area contributed by atoms with Gasteiger partial charge in [-0.05, 0) is 0 Å². The van der Waals surface area contributed by atoms with Crippen LogP contribution in [0.25, 0.3) is 0 Å². The van der Waals surface area contributed by atoms with E-state index in [9.17, 15) is 0 Å². The second-order valence-electron chi connectivity index (χ2n) is 0. The van der Waals surface area contributed by atoms with Crippen molar-refractivity contribution in [1.82, 2.24) is 6.15 Å². The summed E-state index contributed by atoms with van der Waals surface area (Å²) in [5.74, 6) is 0. The zero-order chi connectivity index (χ0) is 0.